The molecular weight excluding hydrogens is 739 g/mol. The predicted octanol–water partition coefficient (Wildman–Crippen LogP) is -0.295. The van der Waals surface area contributed by atoms with Crippen LogP contribution in [0.25, 0.3) is 11.1 Å². The highest BCUT2D eigenvalue weighted by molar-refractivity contribution is 7.80. The number of aryl methyl sites for hydroxylation is 1. The fourth-order valence-electron chi connectivity index (χ4n) is 4.97. The van der Waals surface area contributed by atoms with E-state index in [-0.39, 0.29) is 22.5 Å². The predicted molar refractivity (Wildman–Crippen MR) is 189 cm³/mol. The topological polar surface area (TPSA) is 305 Å². The number of ether oxygens (including phenoxy) is 1. The first-order chi connectivity index (χ1) is 24.9. The van der Waals surface area contributed by atoms with Crippen LogP contribution in [0.3, 0.4) is 0 Å². The zero-order valence-corrected chi connectivity index (χ0v) is 30.4. The third kappa shape index (κ3) is 10.4. The Kier molecular flexibility index (Phi) is 13.0. The van der Waals surface area contributed by atoms with E-state index in [1.54, 1.807) is 41.9 Å². The molecule has 0 radical (unpaired) electrons. The zero-order valence-electron chi connectivity index (χ0n) is 28.8. The summed E-state index contributed by atoms with van der Waals surface area (Å²) in [6.45, 7) is 2.70. The van der Waals surface area contributed by atoms with Crippen LogP contribution in [0.2, 0.25) is 0 Å². The maximum absolute atomic E-state index is 13.3. The van der Waals surface area contributed by atoms with Gasteiger partial charge in [-0.25, -0.2) is 24.5 Å². The summed E-state index contributed by atoms with van der Waals surface area (Å²) in [5.74, 6) is -2.99. The van der Waals surface area contributed by atoms with Crippen LogP contribution in [0.4, 0.5) is 10.9 Å². The molecule has 1 fully saturated rings. The number of hydrogen-bond acceptors (Lipinski definition) is 15. The Bertz CT molecular complexity index is 1970. The quantitative estimate of drug-likeness (QED) is 0.0218. The van der Waals surface area contributed by atoms with Gasteiger partial charge in [-0.3, -0.25) is 14.1 Å². The van der Waals surface area contributed by atoms with Gasteiger partial charge >= 0.3 is 22.3 Å². The molecule has 53 heavy (non-hydrogen) atoms. The van der Waals surface area contributed by atoms with Gasteiger partial charge in [-0.2, -0.15) is 13.5 Å². The number of amides is 3. The number of aliphatic carboxylic acids is 1. The van der Waals surface area contributed by atoms with Gasteiger partial charge in [0.2, 0.25) is 0 Å². The van der Waals surface area contributed by atoms with Crippen molar-refractivity contribution in [3.63, 3.8) is 0 Å². The molecule has 0 aliphatic carbocycles. The van der Waals surface area contributed by atoms with Crippen molar-refractivity contribution in [3.8, 4) is 16.9 Å². The van der Waals surface area contributed by atoms with Gasteiger partial charge in [0.25, 0.3) is 23.7 Å². The monoisotopic (exact) mass is 778 g/mol. The molecule has 3 aromatic rings. The molecule has 4 rings (SSSR count). The number of anilines is 2. The summed E-state index contributed by atoms with van der Waals surface area (Å²) in [4.78, 5) is 59.5. The summed E-state index contributed by atoms with van der Waals surface area (Å²) in [5, 5.41) is 20.4. The minimum Gasteiger partial charge on any atom is -0.489 e. The number of carbonyl (C=O) groups is 4. The van der Waals surface area contributed by atoms with Crippen LogP contribution in [-0.2, 0) is 45.7 Å². The second-order valence-electron chi connectivity index (χ2n) is 12.3. The lowest BCUT2D eigenvalue weighted by atomic mass is 9.84. The number of carbonyl (C=O) groups excluding carboxylic acids is 3. The molecule has 286 valence electrons. The van der Waals surface area contributed by atoms with Gasteiger partial charge in [0.05, 0.1) is 18.8 Å². The highest BCUT2D eigenvalue weighted by Crippen LogP contribution is 2.33. The van der Waals surface area contributed by atoms with Crippen LogP contribution >= 0.6 is 11.3 Å². The van der Waals surface area contributed by atoms with E-state index in [1.807, 2.05) is 12.3 Å². The minimum atomic E-state index is -5.03. The Balaban J connectivity index is 1.40. The van der Waals surface area contributed by atoms with Crippen molar-refractivity contribution in [3.05, 3.63) is 53.7 Å². The largest absolute Gasteiger partial charge is 0.489 e. The Morgan fingerprint density at radius 1 is 1.15 bits per heavy atom. The number of thiazole rings is 1. The van der Waals surface area contributed by atoms with Crippen molar-refractivity contribution in [1.82, 2.24) is 15.4 Å². The first-order valence-electron chi connectivity index (χ1n) is 15.9. The smallest absolute Gasteiger partial charge is 0.418 e. The molecule has 20 nitrogen and oxygen atoms in total. The van der Waals surface area contributed by atoms with Gasteiger partial charge in [-0.05, 0) is 57.0 Å². The zero-order chi connectivity index (χ0) is 39.1. The SMILES string of the molecule is C[n+]1cc(-c2ccc(OCC(O/N=C(\C(=O)N[C@@H]3C(=O)N(OS(=O)(=O)O)C3(C)C)c3csc(N)n3)C(=O)O)cc2)ccc1NC(=O)C(N)CCCCN. The third-order valence-electron chi connectivity index (χ3n) is 7.93. The molecule has 0 saturated carbocycles. The number of nitrogens with two attached hydrogens (primary N) is 3. The van der Waals surface area contributed by atoms with Crippen LogP contribution in [0.1, 0.15) is 38.8 Å². The normalized spacial score (nSPS) is 16.6. The molecule has 3 heterocycles. The van der Waals surface area contributed by atoms with E-state index in [1.165, 1.54) is 19.2 Å². The van der Waals surface area contributed by atoms with Crippen molar-refractivity contribution in [1.29, 1.82) is 0 Å². The minimum absolute atomic E-state index is 0.0424. The number of carboxylic acids is 1. The third-order valence-corrected chi connectivity index (χ3v) is 8.94. The number of carboxylic acid groups (broad SMARTS) is 1. The summed E-state index contributed by atoms with van der Waals surface area (Å²) in [6.07, 6.45) is 2.16. The number of pyridine rings is 1. The summed E-state index contributed by atoms with van der Waals surface area (Å²) >= 11 is 0.945. The average Bonchev–Trinajstić information content (AvgIpc) is 3.53. The van der Waals surface area contributed by atoms with Crippen molar-refractivity contribution in [2.75, 3.05) is 24.2 Å². The average molecular weight is 779 g/mol. The van der Waals surface area contributed by atoms with Crippen molar-refractivity contribution < 1.29 is 55.7 Å². The molecule has 0 bridgehead atoms. The van der Waals surface area contributed by atoms with E-state index in [4.69, 9.17) is 31.3 Å². The highest BCUT2D eigenvalue weighted by atomic mass is 32.3. The molecule has 1 aliphatic rings. The lowest BCUT2D eigenvalue weighted by molar-refractivity contribution is -0.656. The number of nitrogen functional groups attached to an aromatic ring is 1. The maximum atomic E-state index is 13.3. The summed E-state index contributed by atoms with van der Waals surface area (Å²) in [6, 6.07) is 8.25. The number of oxime groups is 1. The van der Waals surface area contributed by atoms with Gasteiger partial charge in [-0.15, -0.1) is 15.6 Å². The number of nitrogens with zero attached hydrogens (tertiary/aromatic N) is 4. The van der Waals surface area contributed by atoms with E-state index in [0.29, 0.717) is 23.8 Å². The highest BCUT2D eigenvalue weighted by Gasteiger charge is 2.58. The lowest BCUT2D eigenvalue weighted by Crippen LogP contribution is -2.76. The van der Waals surface area contributed by atoms with Gasteiger partial charge < -0.3 is 37.2 Å². The summed E-state index contributed by atoms with van der Waals surface area (Å²) in [5.41, 5.74) is 16.7. The second kappa shape index (κ2) is 17.0. The van der Waals surface area contributed by atoms with E-state index < -0.39 is 64.2 Å². The molecule has 1 aromatic carbocycles. The van der Waals surface area contributed by atoms with E-state index in [9.17, 15) is 32.7 Å². The van der Waals surface area contributed by atoms with Gasteiger partial charge in [0.15, 0.2) is 10.8 Å². The van der Waals surface area contributed by atoms with Crippen LogP contribution in [0.15, 0.2) is 53.1 Å². The van der Waals surface area contributed by atoms with Gasteiger partial charge in [-0.1, -0.05) is 23.7 Å². The Labute approximate surface area is 307 Å². The summed E-state index contributed by atoms with van der Waals surface area (Å²) < 4.78 is 42.9. The number of hydroxylamine groups is 2. The molecule has 0 spiro atoms. The number of hydrogen-bond donors (Lipinski definition) is 7. The number of rotatable bonds is 18. The number of unbranched alkanes of at least 4 members (excludes halogenated alkanes) is 1. The van der Waals surface area contributed by atoms with E-state index >= 15 is 0 Å². The Morgan fingerprint density at radius 3 is 2.40 bits per heavy atom. The number of aromatic nitrogens is 2. The fourth-order valence-corrected chi connectivity index (χ4v) is 5.97. The molecule has 3 amide bonds. The number of nitrogens with one attached hydrogen (secondary N) is 2. The number of β-lactam (4-membered cyclic amide) rings is 1. The molecule has 10 N–H and O–H groups in total. The van der Waals surface area contributed by atoms with E-state index in [2.05, 4.69) is 25.1 Å². The maximum Gasteiger partial charge on any atom is 0.418 e. The Morgan fingerprint density at radius 2 is 1.83 bits per heavy atom. The molecule has 2 aromatic heterocycles. The first kappa shape index (κ1) is 40.5. The van der Waals surface area contributed by atoms with Crippen LogP contribution < -0.4 is 37.1 Å². The second-order valence-corrected chi connectivity index (χ2v) is 14.2. The molecule has 1 aliphatic heterocycles. The fraction of sp³-hybridized carbons (Fsp3) is 0.387. The molecule has 3 atom stereocenters. The number of benzene rings is 1. The van der Waals surface area contributed by atoms with Crippen LogP contribution in [0, 0.1) is 0 Å². The van der Waals surface area contributed by atoms with Crippen LogP contribution in [0.5, 0.6) is 5.75 Å². The van der Waals surface area contributed by atoms with Crippen molar-refractivity contribution in [2.45, 2.75) is 56.8 Å². The van der Waals surface area contributed by atoms with Gasteiger partial charge in [0, 0.05) is 17.0 Å². The van der Waals surface area contributed by atoms with Crippen molar-refractivity contribution in [2.24, 2.45) is 23.7 Å². The van der Waals surface area contributed by atoms with E-state index in [0.717, 1.165) is 35.3 Å². The molecular formula is C31H40N9O11S2+. The van der Waals surface area contributed by atoms with Crippen LogP contribution in [-0.4, -0.2) is 94.4 Å². The van der Waals surface area contributed by atoms with Gasteiger partial charge in [0.1, 0.15) is 30.1 Å². The summed E-state index contributed by atoms with van der Waals surface area (Å²) in [7, 11) is -3.26. The molecule has 22 heteroatoms. The standard InChI is InChI=1S/C31H39N9O11S2/c1-31(2)25(28(43)40(31)51-53(46,47)48)37-27(42)24(21-16-52-30(34)35-21)38-50-22(29(44)45)15-49-19-10-7-17(8-11-19)18-9-12-23(39(3)14-18)36-26(41)20(33)6-4-5-13-32/h7-12,14,16,20,22,25H,4-6,13,15,32-33H2,1-3H3,(H5,34,35,37,42,44,45,46,47,48)/p+1/b38-24-/t20?,22?,25-/m1/s1. The lowest BCUT2D eigenvalue weighted by Gasteiger charge is -2.50. The first-order valence-corrected chi connectivity index (χ1v) is 18.1. The van der Waals surface area contributed by atoms with Crippen molar-refractivity contribution >= 4 is 62.1 Å². The molecule has 1 saturated heterocycles. The molecule has 2 unspecified atom stereocenters. The Hall–Kier alpha value is -5.26.